The fraction of sp³-hybridized carbons (Fsp3) is 0.740. The lowest BCUT2D eigenvalue weighted by atomic mass is 10.0. The van der Waals surface area contributed by atoms with E-state index in [2.05, 4.69) is 112 Å². The Morgan fingerprint density at radius 1 is 0.266 bits per heavy atom. The molecule has 0 N–H and O–H groups in total. The number of carbonyl (C=O) groups excluding carboxylic acids is 3. The summed E-state index contributed by atoms with van der Waals surface area (Å²) in [6.45, 7) is 6.48. The lowest BCUT2D eigenvalue weighted by Gasteiger charge is -2.18. The first kappa shape index (κ1) is 75.3. The summed E-state index contributed by atoms with van der Waals surface area (Å²) < 4.78 is 16.9. The number of hydrogen-bond donors (Lipinski definition) is 0. The zero-order valence-electron chi connectivity index (χ0n) is 52.1. The van der Waals surface area contributed by atoms with Crippen LogP contribution in [0.4, 0.5) is 0 Å². The van der Waals surface area contributed by atoms with E-state index in [9.17, 15) is 14.4 Å². The van der Waals surface area contributed by atoms with E-state index in [1.54, 1.807) is 0 Å². The molecule has 0 aromatic rings. The summed E-state index contributed by atoms with van der Waals surface area (Å²) in [6, 6.07) is 0. The van der Waals surface area contributed by atoms with Crippen LogP contribution in [0.15, 0.2) is 97.2 Å². The van der Waals surface area contributed by atoms with Crippen molar-refractivity contribution in [1.82, 2.24) is 0 Å². The van der Waals surface area contributed by atoms with Gasteiger partial charge >= 0.3 is 17.9 Å². The smallest absolute Gasteiger partial charge is 0.306 e. The zero-order chi connectivity index (χ0) is 57.1. The number of esters is 3. The molecule has 0 aliphatic heterocycles. The Bertz CT molecular complexity index is 1540. The maximum absolute atomic E-state index is 12.9. The van der Waals surface area contributed by atoms with E-state index in [1.807, 2.05) is 6.08 Å². The standard InChI is InChI=1S/C73H126O6/c1-4-7-10-13-16-19-22-25-27-29-31-33-35-36-38-39-41-43-45-48-51-54-57-60-63-66-72(75)78-69-70(68-77-71(74)65-62-59-56-53-50-47-24-21-18-15-12-9-6-3)79-73(76)67-64-61-58-55-52-49-46-44-42-40-37-34-32-30-28-26-23-20-17-14-11-8-5-2/h9,12,18,21-22,25,29-32,35-36,47,50,56,59,70H,4-8,10-11,13-17,19-20,23-24,26-28,33-34,37-46,48-49,51-55,57-58,60-69H2,1-3H3/b12-9-,21-18-,25-22-,31-29-,32-30-,36-35-,50-47-,59-56-. The highest BCUT2D eigenvalue weighted by Gasteiger charge is 2.19. The van der Waals surface area contributed by atoms with E-state index in [0.29, 0.717) is 19.3 Å². The van der Waals surface area contributed by atoms with Gasteiger partial charge in [0.05, 0.1) is 0 Å². The molecule has 454 valence electrons. The fourth-order valence-corrected chi connectivity index (χ4v) is 9.52. The van der Waals surface area contributed by atoms with Crippen LogP contribution >= 0.6 is 0 Å². The molecule has 0 saturated heterocycles. The van der Waals surface area contributed by atoms with Gasteiger partial charge in [-0.05, 0) is 109 Å². The molecule has 0 aliphatic rings. The van der Waals surface area contributed by atoms with E-state index in [-0.39, 0.29) is 37.5 Å². The molecule has 0 aliphatic carbocycles. The fourth-order valence-electron chi connectivity index (χ4n) is 9.52. The van der Waals surface area contributed by atoms with Crippen molar-refractivity contribution in [1.29, 1.82) is 0 Å². The molecule has 0 bridgehead atoms. The molecule has 0 aromatic carbocycles. The highest BCUT2D eigenvalue weighted by atomic mass is 16.6. The molecule has 0 aromatic heterocycles. The van der Waals surface area contributed by atoms with Crippen LogP contribution in [0, 0.1) is 0 Å². The van der Waals surface area contributed by atoms with Gasteiger partial charge in [-0.1, -0.05) is 298 Å². The second kappa shape index (κ2) is 66.8. The van der Waals surface area contributed by atoms with Crippen LogP contribution in [0.1, 0.15) is 329 Å². The molecule has 1 atom stereocenters. The van der Waals surface area contributed by atoms with Gasteiger partial charge in [-0.25, -0.2) is 0 Å². The number of allylic oxidation sites excluding steroid dienone is 16. The Morgan fingerprint density at radius 2 is 0.519 bits per heavy atom. The van der Waals surface area contributed by atoms with Gasteiger partial charge in [0.15, 0.2) is 6.10 Å². The molecule has 1 unspecified atom stereocenters. The van der Waals surface area contributed by atoms with Crippen molar-refractivity contribution in [3.8, 4) is 0 Å². The molecular weight excluding hydrogens is 973 g/mol. The topological polar surface area (TPSA) is 78.9 Å². The summed E-state index contributed by atoms with van der Waals surface area (Å²) in [7, 11) is 0. The molecule has 0 rings (SSSR count). The van der Waals surface area contributed by atoms with Crippen LogP contribution in [-0.2, 0) is 28.6 Å². The molecule has 0 fully saturated rings. The van der Waals surface area contributed by atoms with Gasteiger partial charge in [0.1, 0.15) is 13.2 Å². The second-order valence-electron chi connectivity index (χ2n) is 22.3. The second-order valence-corrected chi connectivity index (χ2v) is 22.3. The molecule has 6 heteroatoms. The summed E-state index contributed by atoms with van der Waals surface area (Å²) >= 11 is 0. The lowest BCUT2D eigenvalue weighted by molar-refractivity contribution is -0.166. The SMILES string of the molecule is CC/C=C\C/C=C\C/C=C\C/C=C\CCC(=O)OCC(COC(=O)CCCCCCCCCCCC/C=C\C/C=C\C/C=C\CCCCCCC)OC(=O)CCCCCCCCCCCCC/C=C\CCCCCCCCCC. The van der Waals surface area contributed by atoms with Gasteiger partial charge in [0.2, 0.25) is 0 Å². The summed E-state index contributed by atoms with van der Waals surface area (Å²) in [5, 5.41) is 0. The van der Waals surface area contributed by atoms with Crippen molar-refractivity contribution in [3.63, 3.8) is 0 Å². The first-order chi connectivity index (χ1) is 39.0. The van der Waals surface area contributed by atoms with Crippen LogP contribution in [-0.4, -0.2) is 37.2 Å². The molecule has 0 radical (unpaired) electrons. The average Bonchev–Trinajstić information content (AvgIpc) is 3.45. The highest BCUT2D eigenvalue weighted by Crippen LogP contribution is 2.16. The summed E-state index contributed by atoms with van der Waals surface area (Å²) in [4.78, 5) is 38.3. The lowest BCUT2D eigenvalue weighted by Crippen LogP contribution is -2.30. The van der Waals surface area contributed by atoms with Gasteiger partial charge in [-0.15, -0.1) is 0 Å². The summed E-state index contributed by atoms with van der Waals surface area (Å²) in [5.74, 6) is -0.979. The van der Waals surface area contributed by atoms with Crippen molar-refractivity contribution in [2.75, 3.05) is 13.2 Å². The van der Waals surface area contributed by atoms with Crippen molar-refractivity contribution in [3.05, 3.63) is 97.2 Å². The van der Waals surface area contributed by atoms with Crippen molar-refractivity contribution < 1.29 is 28.6 Å². The quantitative estimate of drug-likeness (QED) is 0.0261. The molecule has 0 saturated carbocycles. The van der Waals surface area contributed by atoms with Crippen LogP contribution in [0.2, 0.25) is 0 Å². The van der Waals surface area contributed by atoms with E-state index in [0.717, 1.165) is 77.0 Å². The van der Waals surface area contributed by atoms with Crippen molar-refractivity contribution >= 4 is 17.9 Å². The maximum Gasteiger partial charge on any atom is 0.306 e. The van der Waals surface area contributed by atoms with Crippen LogP contribution in [0.3, 0.4) is 0 Å². The Morgan fingerprint density at radius 3 is 0.861 bits per heavy atom. The largest absolute Gasteiger partial charge is 0.462 e. The number of unbranched alkanes of at least 4 members (excludes halogenated alkanes) is 34. The Hall–Kier alpha value is -3.67. The van der Waals surface area contributed by atoms with Gasteiger partial charge in [-0.2, -0.15) is 0 Å². The normalized spacial score (nSPS) is 12.7. The monoisotopic (exact) mass is 1100 g/mol. The van der Waals surface area contributed by atoms with E-state index >= 15 is 0 Å². The van der Waals surface area contributed by atoms with Crippen LogP contribution < -0.4 is 0 Å². The van der Waals surface area contributed by atoms with E-state index in [4.69, 9.17) is 14.2 Å². The molecular formula is C73H126O6. The molecule has 6 nitrogen and oxygen atoms in total. The third kappa shape index (κ3) is 65.0. The third-order valence-corrected chi connectivity index (χ3v) is 14.6. The van der Waals surface area contributed by atoms with Crippen LogP contribution in [0.5, 0.6) is 0 Å². The predicted octanol–water partition coefficient (Wildman–Crippen LogP) is 23.2. The van der Waals surface area contributed by atoms with Crippen LogP contribution in [0.25, 0.3) is 0 Å². The minimum atomic E-state index is -0.810. The predicted molar refractivity (Wildman–Crippen MR) is 344 cm³/mol. The minimum Gasteiger partial charge on any atom is -0.462 e. The van der Waals surface area contributed by atoms with Crippen molar-refractivity contribution in [2.24, 2.45) is 0 Å². The van der Waals surface area contributed by atoms with Crippen molar-refractivity contribution in [2.45, 2.75) is 335 Å². The molecule has 0 heterocycles. The van der Waals surface area contributed by atoms with Gasteiger partial charge < -0.3 is 14.2 Å². The Labute approximate surface area is 489 Å². The number of carbonyl (C=O) groups is 3. The van der Waals surface area contributed by atoms with Gasteiger partial charge in [0.25, 0.3) is 0 Å². The van der Waals surface area contributed by atoms with E-state index < -0.39 is 6.10 Å². The summed E-state index contributed by atoms with van der Waals surface area (Å²) in [6.07, 6.45) is 90.1. The van der Waals surface area contributed by atoms with Gasteiger partial charge in [0, 0.05) is 19.3 Å². The number of hydrogen-bond acceptors (Lipinski definition) is 6. The molecule has 0 spiro atoms. The van der Waals surface area contributed by atoms with Gasteiger partial charge in [-0.3, -0.25) is 14.4 Å². The number of rotatable bonds is 61. The Kier molecular flexibility index (Phi) is 63.7. The minimum absolute atomic E-state index is 0.101. The summed E-state index contributed by atoms with van der Waals surface area (Å²) in [5.41, 5.74) is 0. The Balaban J connectivity index is 4.34. The zero-order valence-corrected chi connectivity index (χ0v) is 52.1. The maximum atomic E-state index is 12.9. The highest BCUT2D eigenvalue weighted by molar-refractivity contribution is 5.71. The number of ether oxygens (including phenoxy) is 3. The molecule has 79 heavy (non-hydrogen) atoms. The first-order valence-corrected chi connectivity index (χ1v) is 33.7. The van der Waals surface area contributed by atoms with E-state index in [1.165, 1.54) is 205 Å². The average molecular weight is 1100 g/mol. The third-order valence-electron chi connectivity index (χ3n) is 14.6. The first-order valence-electron chi connectivity index (χ1n) is 33.7. The molecule has 0 amide bonds.